The Morgan fingerprint density at radius 3 is 2.30 bits per heavy atom. The van der Waals surface area contributed by atoms with Crippen molar-refractivity contribution in [3.63, 3.8) is 0 Å². The summed E-state index contributed by atoms with van der Waals surface area (Å²) in [4.78, 5) is 37.5. The smallest absolute Gasteiger partial charge is 0.341 e. The normalized spacial score (nSPS) is 10.1. The molecule has 0 bridgehead atoms. The number of esters is 1. The monoisotopic (exact) mass is 323 g/mol. The minimum Gasteiger partial charge on any atom is -0.452 e. The summed E-state index contributed by atoms with van der Waals surface area (Å²) >= 11 is 0. The molecule has 0 unspecified atom stereocenters. The molecule has 8 nitrogen and oxygen atoms in total. The molecule has 0 heterocycles. The van der Waals surface area contributed by atoms with E-state index in [4.69, 9.17) is 4.74 Å². The van der Waals surface area contributed by atoms with E-state index in [2.05, 4.69) is 0 Å². The molecular formula is C15H21N3O5. The molecule has 0 saturated heterocycles. The maximum atomic E-state index is 12.2. The maximum absolute atomic E-state index is 12.2. The first kappa shape index (κ1) is 18.4. The van der Waals surface area contributed by atoms with E-state index in [-0.39, 0.29) is 17.2 Å². The largest absolute Gasteiger partial charge is 0.452 e. The first-order chi connectivity index (χ1) is 10.8. The van der Waals surface area contributed by atoms with E-state index in [1.165, 1.54) is 17.0 Å². The maximum Gasteiger partial charge on any atom is 0.341 e. The zero-order valence-electron chi connectivity index (χ0n) is 13.7. The van der Waals surface area contributed by atoms with Crippen LogP contribution < -0.4 is 4.90 Å². The molecule has 23 heavy (non-hydrogen) atoms. The quantitative estimate of drug-likeness (QED) is 0.430. The highest BCUT2D eigenvalue weighted by atomic mass is 16.6. The molecule has 8 heteroatoms. The highest BCUT2D eigenvalue weighted by Gasteiger charge is 2.20. The van der Waals surface area contributed by atoms with Crippen LogP contribution in [-0.4, -0.2) is 55.5 Å². The third kappa shape index (κ3) is 4.67. The van der Waals surface area contributed by atoms with E-state index in [1.54, 1.807) is 19.0 Å². The number of benzene rings is 1. The van der Waals surface area contributed by atoms with Crippen LogP contribution in [0.5, 0.6) is 0 Å². The van der Waals surface area contributed by atoms with Crippen LogP contribution in [-0.2, 0) is 9.53 Å². The minimum atomic E-state index is -0.766. The lowest BCUT2D eigenvalue weighted by Gasteiger charge is -2.19. The van der Waals surface area contributed by atoms with Crippen LogP contribution in [0.25, 0.3) is 0 Å². The van der Waals surface area contributed by atoms with Gasteiger partial charge in [-0.15, -0.1) is 0 Å². The average Bonchev–Trinajstić information content (AvgIpc) is 2.52. The standard InChI is InChI=1S/C15H21N3O5/c1-5-17(6-2)14(19)10-23-15(20)12-9-11(18(21)22)7-8-13(12)16(3)4/h7-9H,5-6,10H2,1-4H3. The van der Waals surface area contributed by atoms with Gasteiger partial charge in [0.1, 0.15) is 0 Å². The van der Waals surface area contributed by atoms with Crippen LogP contribution in [0.2, 0.25) is 0 Å². The molecule has 0 aliphatic rings. The van der Waals surface area contributed by atoms with Gasteiger partial charge in [0.05, 0.1) is 16.2 Å². The summed E-state index contributed by atoms with van der Waals surface area (Å²) in [7, 11) is 3.41. The van der Waals surface area contributed by atoms with Gasteiger partial charge in [-0.3, -0.25) is 14.9 Å². The molecule has 0 N–H and O–H groups in total. The summed E-state index contributed by atoms with van der Waals surface area (Å²) in [6.07, 6.45) is 0. The fourth-order valence-corrected chi connectivity index (χ4v) is 2.06. The average molecular weight is 323 g/mol. The van der Waals surface area contributed by atoms with Crippen LogP contribution in [0.4, 0.5) is 11.4 Å². The summed E-state index contributed by atoms with van der Waals surface area (Å²) in [6.45, 7) is 4.30. The van der Waals surface area contributed by atoms with E-state index in [0.29, 0.717) is 18.8 Å². The van der Waals surface area contributed by atoms with E-state index < -0.39 is 17.5 Å². The van der Waals surface area contributed by atoms with Crippen molar-refractivity contribution in [2.75, 3.05) is 38.7 Å². The van der Waals surface area contributed by atoms with Gasteiger partial charge < -0.3 is 14.5 Å². The number of ether oxygens (including phenoxy) is 1. The topological polar surface area (TPSA) is 93.0 Å². The van der Waals surface area contributed by atoms with Crippen molar-refractivity contribution in [3.8, 4) is 0 Å². The van der Waals surface area contributed by atoms with Crippen molar-refractivity contribution in [2.24, 2.45) is 0 Å². The van der Waals surface area contributed by atoms with Crippen molar-refractivity contribution >= 4 is 23.3 Å². The molecule has 0 radical (unpaired) electrons. The molecule has 1 aromatic carbocycles. The number of carbonyl (C=O) groups is 2. The number of rotatable bonds is 7. The van der Waals surface area contributed by atoms with E-state index in [0.717, 1.165) is 6.07 Å². The molecule has 1 aromatic rings. The van der Waals surface area contributed by atoms with Crippen molar-refractivity contribution in [2.45, 2.75) is 13.8 Å². The summed E-state index contributed by atoms with van der Waals surface area (Å²) in [5.74, 6) is -1.07. The fourth-order valence-electron chi connectivity index (χ4n) is 2.06. The Kier molecular flexibility index (Phi) is 6.49. The summed E-state index contributed by atoms with van der Waals surface area (Å²) in [6, 6.07) is 3.94. The van der Waals surface area contributed by atoms with Gasteiger partial charge in [0.15, 0.2) is 6.61 Å². The molecule has 1 rings (SSSR count). The Bertz CT molecular complexity index is 597. The molecule has 0 atom stereocenters. The van der Waals surface area contributed by atoms with Crippen LogP contribution in [0.3, 0.4) is 0 Å². The van der Waals surface area contributed by atoms with Gasteiger partial charge in [0.25, 0.3) is 11.6 Å². The molecule has 0 fully saturated rings. The Hall–Kier alpha value is -2.64. The number of non-ortho nitro benzene ring substituents is 1. The van der Waals surface area contributed by atoms with Gasteiger partial charge in [-0.2, -0.15) is 0 Å². The number of anilines is 1. The Labute approximate surface area is 134 Å². The van der Waals surface area contributed by atoms with Gasteiger partial charge in [0, 0.05) is 39.3 Å². The number of carbonyl (C=O) groups excluding carboxylic acids is 2. The first-order valence-electron chi connectivity index (χ1n) is 7.22. The number of nitrogens with zero attached hydrogens (tertiary/aromatic N) is 3. The van der Waals surface area contributed by atoms with Crippen LogP contribution >= 0.6 is 0 Å². The number of likely N-dealkylation sites (N-methyl/N-ethyl adjacent to an activating group) is 1. The van der Waals surface area contributed by atoms with Crippen molar-refractivity contribution in [1.29, 1.82) is 0 Å². The predicted molar refractivity (Wildman–Crippen MR) is 85.6 cm³/mol. The van der Waals surface area contributed by atoms with Crippen LogP contribution in [0.1, 0.15) is 24.2 Å². The predicted octanol–water partition coefficient (Wildman–Crippen LogP) is 1.69. The second-order valence-corrected chi connectivity index (χ2v) is 5.00. The zero-order valence-corrected chi connectivity index (χ0v) is 13.7. The molecular weight excluding hydrogens is 302 g/mol. The number of hydrogen-bond acceptors (Lipinski definition) is 6. The fraction of sp³-hybridized carbons (Fsp3) is 0.467. The van der Waals surface area contributed by atoms with Crippen LogP contribution in [0.15, 0.2) is 18.2 Å². The summed E-state index contributed by atoms with van der Waals surface area (Å²) < 4.78 is 5.02. The molecule has 126 valence electrons. The number of hydrogen-bond donors (Lipinski definition) is 0. The lowest BCUT2D eigenvalue weighted by Crippen LogP contribution is -2.34. The minimum absolute atomic E-state index is 0.0524. The van der Waals surface area contributed by atoms with E-state index >= 15 is 0 Å². The number of amides is 1. The van der Waals surface area contributed by atoms with Gasteiger partial charge in [-0.05, 0) is 19.9 Å². The second kappa shape index (κ2) is 8.11. The highest BCUT2D eigenvalue weighted by Crippen LogP contribution is 2.24. The molecule has 0 aliphatic heterocycles. The third-order valence-corrected chi connectivity index (χ3v) is 3.34. The zero-order chi connectivity index (χ0) is 17.6. The van der Waals surface area contributed by atoms with E-state index in [9.17, 15) is 19.7 Å². The Morgan fingerprint density at radius 1 is 1.22 bits per heavy atom. The third-order valence-electron chi connectivity index (χ3n) is 3.34. The van der Waals surface area contributed by atoms with Gasteiger partial charge in [-0.1, -0.05) is 0 Å². The van der Waals surface area contributed by atoms with Gasteiger partial charge in [0.2, 0.25) is 0 Å². The molecule has 1 amide bonds. The second-order valence-electron chi connectivity index (χ2n) is 5.00. The van der Waals surface area contributed by atoms with Crippen molar-refractivity contribution < 1.29 is 19.2 Å². The molecule has 0 aromatic heterocycles. The Morgan fingerprint density at radius 2 is 1.83 bits per heavy atom. The molecule has 0 aliphatic carbocycles. The van der Waals surface area contributed by atoms with Gasteiger partial charge >= 0.3 is 5.97 Å². The van der Waals surface area contributed by atoms with Gasteiger partial charge in [-0.25, -0.2) is 4.79 Å². The van der Waals surface area contributed by atoms with Crippen LogP contribution in [0, 0.1) is 10.1 Å². The highest BCUT2D eigenvalue weighted by molar-refractivity contribution is 5.97. The summed E-state index contributed by atoms with van der Waals surface area (Å²) in [5, 5.41) is 10.9. The SMILES string of the molecule is CCN(CC)C(=O)COC(=O)c1cc([N+](=O)[O-])ccc1N(C)C. The first-order valence-corrected chi connectivity index (χ1v) is 7.22. The van der Waals surface area contributed by atoms with E-state index in [1.807, 2.05) is 13.8 Å². The molecule has 0 spiro atoms. The van der Waals surface area contributed by atoms with Crippen molar-refractivity contribution in [3.05, 3.63) is 33.9 Å². The number of nitro benzene ring substituents is 1. The number of nitro groups is 1. The lowest BCUT2D eigenvalue weighted by atomic mass is 10.1. The molecule has 0 saturated carbocycles. The lowest BCUT2D eigenvalue weighted by molar-refractivity contribution is -0.384. The van der Waals surface area contributed by atoms with Crippen molar-refractivity contribution in [1.82, 2.24) is 4.90 Å². The Balaban J connectivity index is 2.95. The summed E-state index contributed by atoms with van der Waals surface area (Å²) in [5.41, 5.74) is 0.324.